The highest BCUT2D eigenvalue weighted by Crippen LogP contribution is 2.37. The van der Waals surface area contributed by atoms with Gasteiger partial charge >= 0.3 is 0 Å². The van der Waals surface area contributed by atoms with Gasteiger partial charge in [-0.3, -0.25) is 0 Å². The van der Waals surface area contributed by atoms with E-state index in [1.165, 1.54) is 5.56 Å². The van der Waals surface area contributed by atoms with Crippen LogP contribution in [0.15, 0.2) is 67.3 Å². The summed E-state index contributed by atoms with van der Waals surface area (Å²) in [5.74, 6) is 0.831. The zero-order valence-corrected chi connectivity index (χ0v) is 14.7. The number of hydrogen-bond acceptors (Lipinski definition) is 6. The number of aromatic nitrogens is 4. The number of nitrogens with one attached hydrogen (secondary N) is 1. The summed E-state index contributed by atoms with van der Waals surface area (Å²) < 4.78 is 0. The van der Waals surface area contributed by atoms with E-state index in [1.54, 1.807) is 18.6 Å². The number of nitrogens with zero attached hydrogens (tertiary/aromatic N) is 5. The van der Waals surface area contributed by atoms with Crippen LogP contribution in [0.2, 0.25) is 0 Å². The van der Waals surface area contributed by atoms with Gasteiger partial charge in [-0.2, -0.15) is 10.2 Å². The molecule has 0 amide bonds. The van der Waals surface area contributed by atoms with Crippen LogP contribution in [0.5, 0.6) is 0 Å². The van der Waals surface area contributed by atoms with E-state index in [0.717, 1.165) is 24.5 Å². The normalized spacial score (nSPS) is 23.0. The van der Waals surface area contributed by atoms with E-state index in [0.29, 0.717) is 0 Å². The Labute approximate surface area is 153 Å². The van der Waals surface area contributed by atoms with Crippen LogP contribution in [0.1, 0.15) is 36.8 Å². The molecule has 1 fully saturated rings. The Morgan fingerprint density at radius 3 is 2.50 bits per heavy atom. The predicted molar refractivity (Wildman–Crippen MR) is 101 cm³/mol. The van der Waals surface area contributed by atoms with Crippen molar-refractivity contribution in [2.75, 3.05) is 11.4 Å². The summed E-state index contributed by atoms with van der Waals surface area (Å²) in [5, 5.41) is 11.7. The molecule has 1 saturated heterocycles. The first kappa shape index (κ1) is 16.6. The van der Waals surface area contributed by atoms with Crippen LogP contribution in [-0.4, -0.2) is 32.8 Å². The lowest BCUT2D eigenvalue weighted by molar-refractivity contribution is 0.306. The third-order valence-corrected chi connectivity index (χ3v) is 4.94. The smallest absolute Gasteiger partial charge is 0.147 e. The van der Waals surface area contributed by atoms with Gasteiger partial charge in [-0.15, -0.1) is 0 Å². The molecule has 26 heavy (non-hydrogen) atoms. The lowest BCUT2D eigenvalue weighted by atomic mass is 9.92. The second-order valence-corrected chi connectivity index (χ2v) is 6.40. The predicted octanol–water partition coefficient (Wildman–Crippen LogP) is 2.94. The van der Waals surface area contributed by atoms with E-state index < -0.39 is 0 Å². The van der Waals surface area contributed by atoms with Crippen LogP contribution in [-0.2, 0) is 0 Å². The van der Waals surface area contributed by atoms with Crippen molar-refractivity contribution in [3.8, 4) is 0 Å². The summed E-state index contributed by atoms with van der Waals surface area (Å²) in [6.07, 6.45) is 8.16. The van der Waals surface area contributed by atoms with Gasteiger partial charge in [0, 0.05) is 18.9 Å². The molecule has 132 valence electrons. The molecule has 3 unspecified atom stereocenters. The number of hydrogen-bond donors (Lipinski definition) is 1. The molecule has 3 atom stereocenters. The lowest BCUT2D eigenvalue weighted by Gasteiger charge is -2.47. The standard InChI is InChI=1S/C20H22N6/c1-2-17-19(20-21-10-6-11-22-20)23-14-18(15-7-4-3-5-8-15)26(17)16-9-12-24-25-13-16/h3-13,17-19,23H,2,14H2,1H3. The van der Waals surface area contributed by atoms with Crippen molar-refractivity contribution in [1.29, 1.82) is 0 Å². The van der Waals surface area contributed by atoms with E-state index in [1.807, 2.05) is 18.3 Å². The van der Waals surface area contributed by atoms with Crippen LogP contribution >= 0.6 is 0 Å². The molecule has 6 heteroatoms. The Bertz CT molecular complexity index is 811. The minimum atomic E-state index is 0.0642. The van der Waals surface area contributed by atoms with E-state index >= 15 is 0 Å². The molecule has 2 aromatic heterocycles. The molecule has 0 spiro atoms. The van der Waals surface area contributed by atoms with E-state index in [2.05, 4.69) is 67.6 Å². The summed E-state index contributed by atoms with van der Waals surface area (Å²) >= 11 is 0. The summed E-state index contributed by atoms with van der Waals surface area (Å²) in [5.41, 5.74) is 2.35. The fourth-order valence-corrected chi connectivity index (χ4v) is 3.79. The zero-order valence-electron chi connectivity index (χ0n) is 14.7. The van der Waals surface area contributed by atoms with Gasteiger partial charge in [-0.25, -0.2) is 9.97 Å². The molecular formula is C20H22N6. The number of benzene rings is 1. The van der Waals surface area contributed by atoms with Crippen molar-refractivity contribution in [3.05, 3.63) is 78.6 Å². The van der Waals surface area contributed by atoms with E-state index in [-0.39, 0.29) is 18.1 Å². The lowest BCUT2D eigenvalue weighted by Crippen LogP contribution is -2.55. The minimum Gasteiger partial charge on any atom is -0.357 e. The Balaban J connectivity index is 1.76. The Morgan fingerprint density at radius 2 is 1.81 bits per heavy atom. The first-order valence-electron chi connectivity index (χ1n) is 8.98. The van der Waals surface area contributed by atoms with Gasteiger partial charge in [0.1, 0.15) is 5.82 Å². The SMILES string of the molecule is CCC1C(c2ncccn2)NCC(c2ccccc2)N1c1ccnnc1. The quantitative estimate of drug-likeness (QED) is 0.783. The highest BCUT2D eigenvalue weighted by Gasteiger charge is 2.38. The van der Waals surface area contributed by atoms with Crippen LogP contribution in [0, 0.1) is 0 Å². The monoisotopic (exact) mass is 346 g/mol. The molecule has 1 aliphatic rings. The highest BCUT2D eigenvalue weighted by atomic mass is 15.3. The van der Waals surface area contributed by atoms with Crippen molar-refractivity contribution in [2.45, 2.75) is 31.5 Å². The van der Waals surface area contributed by atoms with Gasteiger partial charge in [0.15, 0.2) is 0 Å². The maximum Gasteiger partial charge on any atom is 0.147 e. The van der Waals surface area contributed by atoms with Gasteiger partial charge in [0.2, 0.25) is 0 Å². The third-order valence-electron chi connectivity index (χ3n) is 4.94. The van der Waals surface area contributed by atoms with E-state index in [9.17, 15) is 0 Å². The van der Waals surface area contributed by atoms with Gasteiger partial charge in [0.25, 0.3) is 0 Å². The Morgan fingerprint density at radius 1 is 1.00 bits per heavy atom. The molecule has 0 radical (unpaired) electrons. The van der Waals surface area contributed by atoms with Crippen molar-refractivity contribution in [3.63, 3.8) is 0 Å². The average Bonchev–Trinajstić information content (AvgIpc) is 2.74. The van der Waals surface area contributed by atoms with Crippen molar-refractivity contribution >= 4 is 5.69 Å². The molecule has 4 rings (SSSR count). The molecule has 1 aliphatic heterocycles. The topological polar surface area (TPSA) is 66.8 Å². The van der Waals surface area contributed by atoms with E-state index in [4.69, 9.17) is 0 Å². The second kappa shape index (κ2) is 7.58. The molecule has 0 saturated carbocycles. The fourth-order valence-electron chi connectivity index (χ4n) is 3.79. The van der Waals surface area contributed by atoms with Crippen molar-refractivity contribution in [1.82, 2.24) is 25.5 Å². The minimum absolute atomic E-state index is 0.0642. The first-order valence-corrected chi connectivity index (χ1v) is 8.98. The van der Waals surface area contributed by atoms with Crippen LogP contribution in [0.3, 0.4) is 0 Å². The Kier molecular flexibility index (Phi) is 4.84. The van der Waals surface area contributed by atoms with Gasteiger partial charge < -0.3 is 10.2 Å². The molecule has 3 heterocycles. The summed E-state index contributed by atoms with van der Waals surface area (Å²) in [6.45, 7) is 3.02. The average molecular weight is 346 g/mol. The van der Waals surface area contributed by atoms with Gasteiger partial charge in [-0.05, 0) is 24.1 Å². The molecule has 1 aromatic carbocycles. The number of piperazine rings is 1. The highest BCUT2D eigenvalue weighted by molar-refractivity contribution is 5.49. The maximum atomic E-state index is 4.50. The molecule has 3 aromatic rings. The summed E-state index contributed by atoms with van der Waals surface area (Å²) in [6, 6.07) is 15.0. The second-order valence-electron chi connectivity index (χ2n) is 6.40. The van der Waals surface area contributed by atoms with Gasteiger partial charge in [0.05, 0.1) is 36.2 Å². The van der Waals surface area contributed by atoms with Crippen molar-refractivity contribution in [2.24, 2.45) is 0 Å². The third kappa shape index (κ3) is 3.15. The largest absolute Gasteiger partial charge is 0.357 e. The summed E-state index contributed by atoms with van der Waals surface area (Å²) in [4.78, 5) is 11.4. The summed E-state index contributed by atoms with van der Waals surface area (Å²) in [7, 11) is 0. The fraction of sp³-hybridized carbons (Fsp3) is 0.300. The Hall–Kier alpha value is -2.86. The molecule has 6 nitrogen and oxygen atoms in total. The maximum absolute atomic E-state index is 4.50. The van der Waals surface area contributed by atoms with Gasteiger partial charge in [-0.1, -0.05) is 37.3 Å². The molecule has 0 aliphatic carbocycles. The zero-order chi connectivity index (χ0) is 17.8. The molecule has 1 N–H and O–H groups in total. The molecule has 0 bridgehead atoms. The van der Waals surface area contributed by atoms with Crippen LogP contribution in [0.4, 0.5) is 5.69 Å². The molecular weight excluding hydrogens is 324 g/mol. The number of rotatable bonds is 4. The van der Waals surface area contributed by atoms with Crippen LogP contribution in [0.25, 0.3) is 0 Å². The number of anilines is 1. The van der Waals surface area contributed by atoms with Crippen molar-refractivity contribution < 1.29 is 0 Å². The first-order chi connectivity index (χ1) is 12.9. The van der Waals surface area contributed by atoms with Crippen LogP contribution < -0.4 is 10.2 Å².